The monoisotopic (exact) mass is 199 g/mol. The van der Waals surface area contributed by atoms with E-state index in [9.17, 15) is 0 Å². The first-order chi connectivity index (χ1) is 7.36. The Morgan fingerprint density at radius 3 is 2.40 bits per heavy atom. The second-order valence-corrected chi connectivity index (χ2v) is 3.82. The van der Waals surface area contributed by atoms with E-state index < -0.39 is 0 Å². The summed E-state index contributed by atoms with van der Waals surface area (Å²) in [6.07, 6.45) is 2.35. The Morgan fingerprint density at radius 2 is 1.73 bits per heavy atom. The summed E-state index contributed by atoms with van der Waals surface area (Å²) in [5, 5.41) is 5.94. The van der Waals surface area contributed by atoms with Crippen molar-refractivity contribution in [3.05, 3.63) is 42.0 Å². The van der Waals surface area contributed by atoms with Crippen LogP contribution in [0.15, 0.2) is 36.4 Å². The molecule has 2 aromatic rings. The van der Waals surface area contributed by atoms with Gasteiger partial charge in [-0.3, -0.25) is 0 Å². The van der Waals surface area contributed by atoms with E-state index in [2.05, 4.69) is 48.6 Å². The number of nitrogens with one attached hydrogen (secondary N) is 1. The Balaban J connectivity index is 2.66. The van der Waals surface area contributed by atoms with E-state index in [4.69, 9.17) is 0 Å². The number of anilines is 1. The molecular weight excluding hydrogens is 182 g/mol. The van der Waals surface area contributed by atoms with Crippen LogP contribution in [0.5, 0.6) is 0 Å². The van der Waals surface area contributed by atoms with Crippen LogP contribution in [0.25, 0.3) is 10.8 Å². The molecule has 1 N–H and O–H groups in total. The van der Waals surface area contributed by atoms with Crippen molar-refractivity contribution in [3.8, 4) is 0 Å². The number of benzene rings is 2. The van der Waals surface area contributed by atoms with Gasteiger partial charge >= 0.3 is 0 Å². The van der Waals surface area contributed by atoms with Gasteiger partial charge in [-0.25, -0.2) is 0 Å². The van der Waals surface area contributed by atoms with E-state index in [1.165, 1.54) is 28.4 Å². The molecule has 2 aromatic carbocycles. The minimum absolute atomic E-state index is 1.16. The maximum absolute atomic E-state index is 3.24. The van der Waals surface area contributed by atoms with Gasteiger partial charge in [-0.2, -0.15) is 0 Å². The Bertz CT molecular complexity index is 460. The van der Waals surface area contributed by atoms with Gasteiger partial charge in [0.25, 0.3) is 0 Å². The van der Waals surface area contributed by atoms with Crippen LogP contribution in [0.4, 0.5) is 5.69 Å². The number of hydrogen-bond acceptors (Lipinski definition) is 1. The zero-order chi connectivity index (χ0) is 10.7. The van der Waals surface area contributed by atoms with E-state index in [0.717, 1.165) is 6.42 Å². The van der Waals surface area contributed by atoms with Gasteiger partial charge in [0.1, 0.15) is 0 Å². The normalized spacial score (nSPS) is 10.5. The molecule has 0 aliphatic carbocycles. The van der Waals surface area contributed by atoms with E-state index >= 15 is 0 Å². The highest BCUT2D eigenvalue weighted by Gasteiger charge is 2.03. The van der Waals surface area contributed by atoms with Crippen molar-refractivity contribution in [2.75, 3.05) is 12.4 Å². The third-order valence-corrected chi connectivity index (χ3v) is 2.80. The van der Waals surface area contributed by atoms with Crippen molar-refractivity contribution in [1.82, 2.24) is 0 Å². The molecule has 0 heterocycles. The summed E-state index contributed by atoms with van der Waals surface area (Å²) in [5.41, 5.74) is 2.66. The predicted molar refractivity (Wildman–Crippen MR) is 67.5 cm³/mol. The van der Waals surface area contributed by atoms with Crippen molar-refractivity contribution in [1.29, 1.82) is 0 Å². The number of aryl methyl sites for hydroxylation is 1. The lowest BCUT2D eigenvalue weighted by Gasteiger charge is -2.10. The Labute approximate surface area is 91.1 Å². The molecule has 0 aliphatic rings. The number of fused-ring (bicyclic) bond motifs is 1. The minimum atomic E-state index is 1.16. The largest absolute Gasteiger partial charge is 0.388 e. The van der Waals surface area contributed by atoms with Gasteiger partial charge in [0.15, 0.2) is 0 Å². The Morgan fingerprint density at radius 1 is 1.00 bits per heavy atom. The molecule has 0 aromatic heterocycles. The molecular formula is C14H17N. The number of rotatable bonds is 3. The zero-order valence-electron chi connectivity index (χ0n) is 9.38. The molecule has 2 rings (SSSR count). The van der Waals surface area contributed by atoms with E-state index in [-0.39, 0.29) is 0 Å². The highest BCUT2D eigenvalue weighted by Crippen LogP contribution is 2.26. The molecule has 1 heteroatoms. The third-order valence-electron chi connectivity index (χ3n) is 2.80. The molecule has 0 radical (unpaired) electrons. The fourth-order valence-corrected chi connectivity index (χ4v) is 2.07. The maximum Gasteiger partial charge on any atom is 0.0417 e. The van der Waals surface area contributed by atoms with Crippen molar-refractivity contribution in [2.45, 2.75) is 19.8 Å². The van der Waals surface area contributed by atoms with Gasteiger partial charge in [0, 0.05) is 18.1 Å². The zero-order valence-corrected chi connectivity index (χ0v) is 9.38. The number of hydrogen-bond donors (Lipinski definition) is 1. The first-order valence-corrected chi connectivity index (χ1v) is 5.55. The summed E-state index contributed by atoms with van der Waals surface area (Å²) in [6.45, 7) is 2.22. The summed E-state index contributed by atoms with van der Waals surface area (Å²) in [6, 6.07) is 13.0. The quantitative estimate of drug-likeness (QED) is 0.792. The fraction of sp³-hybridized carbons (Fsp3) is 0.286. The molecule has 0 amide bonds. The Kier molecular flexibility index (Phi) is 2.91. The second-order valence-electron chi connectivity index (χ2n) is 3.82. The fourth-order valence-electron chi connectivity index (χ4n) is 2.07. The molecule has 0 bridgehead atoms. The van der Waals surface area contributed by atoms with Gasteiger partial charge < -0.3 is 5.32 Å². The van der Waals surface area contributed by atoms with Gasteiger partial charge in [-0.1, -0.05) is 43.7 Å². The average Bonchev–Trinajstić information content (AvgIpc) is 2.30. The topological polar surface area (TPSA) is 12.0 Å². The van der Waals surface area contributed by atoms with Gasteiger partial charge in [0.2, 0.25) is 0 Å². The van der Waals surface area contributed by atoms with Crippen LogP contribution in [0, 0.1) is 0 Å². The SMILES string of the molecule is CCCc1ccc(NC)c2ccccc12. The summed E-state index contributed by atoms with van der Waals surface area (Å²) < 4.78 is 0. The van der Waals surface area contributed by atoms with Crippen molar-refractivity contribution >= 4 is 16.5 Å². The van der Waals surface area contributed by atoms with E-state index in [1.54, 1.807) is 0 Å². The maximum atomic E-state index is 3.24. The highest BCUT2D eigenvalue weighted by atomic mass is 14.8. The van der Waals surface area contributed by atoms with E-state index in [0.29, 0.717) is 0 Å². The van der Waals surface area contributed by atoms with Gasteiger partial charge in [-0.15, -0.1) is 0 Å². The molecule has 1 nitrogen and oxygen atoms in total. The predicted octanol–water partition coefficient (Wildman–Crippen LogP) is 3.83. The molecule has 15 heavy (non-hydrogen) atoms. The van der Waals surface area contributed by atoms with E-state index in [1.807, 2.05) is 7.05 Å². The highest BCUT2D eigenvalue weighted by molar-refractivity contribution is 5.96. The smallest absolute Gasteiger partial charge is 0.0417 e. The average molecular weight is 199 g/mol. The summed E-state index contributed by atoms with van der Waals surface area (Å²) in [4.78, 5) is 0. The molecule has 0 unspecified atom stereocenters. The molecule has 0 saturated heterocycles. The van der Waals surface area contributed by atoms with Crippen molar-refractivity contribution in [3.63, 3.8) is 0 Å². The lowest BCUT2D eigenvalue weighted by atomic mass is 10.00. The first-order valence-electron chi connectivity index (χ1n) is 5.55. The van der Waals surface area contributed by atoms with Crippen molar-refractivity contribution < 1.29 is 0 Å². The molecule has 0 spiro atoms. The van der Waals surface area contributed by atoms with Crippen LogP contribution in [0.2, 0.25) is 0 Å². The second kappa shape index (κ2) is 4.35. The minimum Gasteiger partial charge on any atom is -0.388 e. The van der Waals surface area contributed by atoms with Crippen LogP contribution < -0.4 is 5.32 Å². The van der Waals surface area contributed by atoms with Crippen LogP contribution in [-0.2, 0) is 6.42 Å². The van der Waals surface area contributed by atoms with Gasteiger partial charge in [-0.05, 0) is 23.4 Å². The van der Waals surface area contributed by atoms with Crippen LogP contribution in [0.1, 0.15) is 18.9 Å². The van der Waals surface area contributed by atoms with Crippen LogP contribution in [-0.4, -0.2) is 7.05 Å². The van der Waals surface area contributed by atoms with Crippen LogP contribution >= 0.6 is 0 Å². The van der Waals surface area contributed by atoms with Crippen molar-refractivity contribution in [2.24, 2.45) is 0 Å². The summed E-state index contributed by atoms with van der Waals surface area (Å²) >= 11 is 0. The molecule has 78 valence electrons. The Hall–Kier alpha value is -1.50. The molecule has 0 atom stereocenters. The molecule has 0 fully saturated rings. The summed E-state index contributed by atoms with van der Waals surface area (Å²) in [5.74, 6) is 0. The lowest BCUT2D eigenvalue weighted by Crippen LogP contribution is -1.92. The third kappa shape index (κ3) is 1.82. The van der Waals surface area contributed by atoms with Crippen LogP contribution in [0.3, 0.4) is 0 Å². The molecule has 0 saturated carbocycles. The first kappa shape index (κ1) is 10.0. The standard InChI is InChI=1S/C14H17N/c1-3-6-11-9-10-14(15-2)13-8-5-4-7-12(11)13/h4-5,7-10,15H,3,6H2,1-2H3. The molecule has 0 aliphatic heterocycles. The summed E-state index contributed by atoms with van der Waals surface area (Å²) in [7, 11) is 1.97. The van der Waals surface area contributed by atoms with Gasteiger partial charge in [0.05, 0.1) is 0 Å². The lowest BCUT2D eigenvalue weighted by molar-refractivity contribution is 0.930.